The standard InChI is InChI=1S/C11H10ClNO2/c1-11(6-12,7-13)9-4-2-3-8(5-9)10(14)15/h2-5H,6H2,1H3,(H,14,15). The number of hydrogen-bond acceptors (Lipinski definition) is 2. The van der Waals surface area contributed by atoms with Crippen molar-refractivity contribution >= 4 is 17.6 Å². The van der Waals surface area contributed by atoms with E-state index in [0.717, 1.165) is 0 Å². The second-order valence-electron chi connectivity index (χ2n) is 3.46. The van der Waals surface area contributed by atoms with E-state index in [0.29, 0.717) is 5.56 Å². The van der Waals surface area contributed by atoms with E-state index in [2.05, 4.69) is 6.07 Å². The first-order valence-corrected chi connectivity index (χ1v) is 4.88. The zero-order valence-electron chi connectivity index (χ0n) is 8.20. The molecule has 1 unspecified atom stereocenters. The molecule has 0 saturated heterocycles. The fraction of sp³-hybridized carbons (Fsp3) is 0.273. The van der Waals surface area contributed by atoms with Crippen molar-refractivity contribution in [2.75, 3.05) is 5.88 Å². The number of benzene rings is 1. The molecule has 1 atom stereocenters. The van der Waals surface area contributed by atoms with Crippen LogP contribution in [-0.4, -0.2) is 17.0 Å². The van der Waals surface area contributed by atoms with E-state index in [1.807, 2.05) is 0 Å². The first-order chi connectivity index (χ1) is 7.03. The minimum absolute atomic E-state index is 0.132. The minimum atomic E-state index is -1.01. The second-order valence-corrected chi connectivity index (χ2v) is 3.73. The van der Waals surface area contributed by atoms with Crippen LogP contribution in [0.5, 0.6) is 0 Å². The molecular weight excluding hydrogens is 214 g/mol. The molecule has 1 rings (SSSR count). The van der Waals surface area contributed by atoms with Gasteiger partial charge in [0.25, 0.3) is 0 Å². The number of rotatable bonds is 3. The van der Waals surface area contributed by atoms with Gasteiger partial charge in [-0.05, 0) is 24.6 Å². The molecule has 0 aliphatic heterocycles. The second kappa shape index (κ2) is 4.33. The molecule has 0 aromatic heterocycles. The molecular formula is C11H10ClNO2. The number of carboxylic acids is 1. The summed E-state index contributed by atoms with van der Waals surface area (Å²) >= 11 is 5.71. The fourth-order valence-corrected chi connectivity index (χ4v) is 1.38. The van der Waals surface area contributed by atoms with Crippen LogP contribution in [0.15, 0.2) is 24.3 Å². The maximum absolute atomic E-state index is 10.7. The Bertz CT molecular complexity index is 425. The van der Waals surface area contributed by atoms with Gasteiger partial charge in [0.05, 0.1) is 17.0 Å². The molecule has 1 aromatic rings. The molecule has 0 aliphatic rings. The molecule has 1 N–H and O–H groups in total. The van der Waals surface area contributed by atoms with Crippen LogP contribution in [0.25, 0.3) is 0 Å². The van der Waals surface area contributed by atoms with Gasteiger partial charge in [-0.2, -0.15) is 5.26 Å². The highest BCUT2D eigenvalue weighted by molar-refractivity contribution is 6.19. The molecule has 0 amide bonds. The Morgan fingerprint density at radius 3 is 2.80 bits per heavy atom. The quantitative estimate of drug-likeness (QED) is 0.801. The maximum atomic E-state index is 10.7. The number of aromatic carboxylic acids is 1. The summed E-state index contributed by atoms with van der Waals surface area (Å²) in [6.45, 7) is 1.68. The summed E-state index contributed by atoms with van der Waals surface area (Å²) in [6.07, 6.45) is 0. The van der Waals surface area contributed by atoms with Crippen LogP contribution < -0.4 is 0 Å². The van der Waals surface area contributed by atoms with Crippen LogP contribution in [0.1, 0.15) is 22.8 Å². The lowest BCUT2D eigenvalue weighted by molar-refractivity contribution is 0.0696. The summed E-state index contributed by atoms with van der Waals surface area (Å²) in [4.78, 5) is 10.7. The molecule has 0 aliphatic carbocycles. The number of nitrogens with zero attached hydrogens (tertiary/aromatic N) is 1. The summed E-state index contributed by atoms with van der Waals surface area (Å²) in [5, 5.41) is 17.8. The van der Waals surface area contributed by atoms with Crippen molar-refractivity contribution in [3.63, 3.8) is 0 Å². The summed E-state index contributed by atoms with van der Waals surface area (Å²) in [6, 6.07) is 8.37. The van der Waals surface area contributed by atoms with Gasteiger partial charge in [-0.15, -0.1) is 11.6 Å². The van der Waals surface area contributed by atoms with Crippen molar-refractivity contribution < 1.29 is 9.90 Å². The van der Waals surface area contributed by atoms with Crippen LogP contribution in [-0.2, 0) is 5.41 Å². The smallest absolute Gasteiger partial charge is 0.335 e. The summed E-state index contributed by atoms with van der Waals surface area (Å²) in [5.74, 6) is -0.876. The zero-order chi connectivity index (χ0) is 11.5. The lowest BCUT2D eigenvalue weighted by Crippen LogP contribution is -2.21. The summed E-state index contributed by atoms with van der Waals surface area (Å²) in [5.41, 5.74) is -0.0495. The predicted molar refractivity (Wildman–Crippen MR) is 57.1 cm³/mol. The number of carboxylic acid groups (broad SMARTS) is 1. The van der Waals surface area contributed by atoms with E-state index in [9.17, 15) is 4.79 Å². The van der Waals surface area contributed by atoms with Gasteiger partial charge >= 0.3 is 5.97 Å². The molecule has 0 saturated carbocycles. The molecule has 0 fully saturated rings. The highest BCUT2D eigenvalue weighted by Crippen LogP contribution is 2.25. The normalized spacial score (nSPS) is 13.9. The van der Waals surface area contributed by atoms with Crippen LogP contribution in [0.2, 0.25) is 0 Å². The number of carbonyl (C=O) groups is 1. The minimum Gasteiger partial charge on any atom is -0.478 e. The third-order valence-electron chi connectivity index (χ3n) is 2.26. The van der Waals surface area contributed by atoms with E-state index in [4.69, 9.17) is 22.0 Å². The van der Waals surface area contributed by atoms with Crippen LogP contribution in [0.4, 0.5) is 0 Å². The molecule has 0 bridgehead atoms. The van der Waals surface area contributed by atoms with Crippen molar-refractivity contribution in [3.05, 3.63) is 35.4 Å². The molecule has 1 aromatic carbocycles. The Balaban J connectivity index is 3.22. The molecule has 0 heterocycles. The number of halogens is 1. The Hall–Kier alpha value is -1.53. The molecule has 4 heteroatoms. The monoisotopic (exact) mass is 223 g/mol. The Morgan fingerprint density at radius 2 is 2.33 bits per heavy atom. The van der Waals surface area contributed by atoms with Crippen molar-refractivity contribution in [2.24, 2.45) is 0 Å². The van der Waals surface area contributed by atoms with Crippen molar-refractivity contribution in [1.82, 2.24) is 0 Å². The SMILES string of the molecule is CC(C#N)(CCl)c1cccc(C(=O)O)c1. The third kappa shape index (κ3) is 2.28. The van der Waals surface area contributed by atoms with Crippen molar-refractivity contribution in [1.29, 1.82) is 5.26 Å². The topological polar surface area (TPSA) is 61.1 Å². The number of alkyl halides is 1. The molecule has 0 spiro atoms. The molecule has 78 valence electrons. The van der Waals surface area contributed by atoms with Crippen LogP contribution in [0.3, 0.4) is 0 Å². The zero-order valence-corrected chi connectivity index (χ0v) is 8.95. The number of hydrogen-bond donors (Lipinski definition) is 1. The average molecular weight is 224 g/mol. The fourth-order valence-electron chi connectivity index (χ4n) is 1.17. The first kappa shape index (κ1) is 11.5. The molecule has 0 radical (unpaired) electrons. The van der Waals surface area contributed by atoms with Gasteiger partial charge in [0.2, 0.25) is 0 Å². The average Bonchev–Trinajstić information content (AvgIpc) is 2.28. The van der Waals surface area contributed by atoms with Gasteiger partial charge in [-0.1, -0.05) is 12.1 Å². The van der Waals surface area contributed by atoms with Gasteiger partial charge in [-0.3, -0.25) is 0 Å². The molecule has 3 nitrogen and oxygen atoms in total. The third-order valence-corrected chi connectivity index (χ3v) is 2.80. The largest absolute Gasteiger partial charge is 0.478 e. The lowest BCUT2D eigenvalue weighted by Gasteiger charge is -2.18. The highest BCUT2D eigenvalue weighted by atomic mass is 35.5. The van der Waals surface area contributed by atoms with E-state index < -0.39 is 11.4 Å². The van der Waals surface area contributed by atoms with E-state index in [-0.39, 0.29) is 11.4 Å². The Morgan fingerprint density at radius 1 is 1.67 bits per heavy atom. The predicted octanol–water partition coefficient (Wildman–Crippen LogP) is 2.40. The molecule has 15 heavy (non-hydrogen) atoms. The summed E-state index contributed by atoms with van der Waals surface area (Å²) < 4.78 is 0. The van der Waals surface area contributed by atoms with Gasteiger partial charge in [0.15, 0.2) is 0 Å². The van der Waals surface area contributed by atoms with Crippen LogP contribution in [0, 0.1) is 11.3 Å². The van der Waals surface area contributed by atoms with Gasteiger partial charge < -0.3 is 5.11 Å². The van der Waals surface area contributed by atoms with Crippen molar-refractivity contribution in [2.45, 2.75) is 12.3 Å². The Labute approximate surface area is 92.9 Å². The van der Waals surface area contributed by atoms with E-state index in [1.54, 1.807) is 19.1 Å². The first-order valence-electron chi connectivity index (χ1n) is 4.34. The van der Waals surface area contributed by atoms with E-state index in [1.165, 1.54) is 12.1 Å². The van der Waals surface area contributed by atoms with Crippen LogP contribution >= 0.6 is 11.6 Å². The number of nitriles is 1. The highest BCUT2D eigenvalue weighted by Gasteiger charge is 2.25. The van der Waals surface area contributed by atoms with Crippen molar-refractivity contribution in [3.8, 4) is 6.07 Å². The Kier molecular flexibility index (Phi) is 3.33. The van der Waals surface area contributed by atoms with E-state index >= 15 is 0 Å². The van der Waals surface area contributed by atoms with Gasteiger partial charge in [0, 0.05) is 5.88 Å². The maximum Gasteiger partial charge on any atom is 0.335 e. The van der Waals surface area contributed by atoms with Gasteiger partial charge in [-0.25, -0.2) is 4.79 Å². The summed E-state index contributed by atoms with van der Waals surface area (Å²) in [7, 11) is 0. The van der Waals surface area contributed by atoms with Gasteiger partial charge in [0.1, 0.15) is 0 Å². The lowest BCUT2D eigenvalue weighted by atomic mass is 9.85.